The first-order valence-corrected chi connectivity index (χ1v) is 13.6. The Labute approximate surface area is 220 Å². The number of rotatable bonds is 6. The molecule has 0 saturated carbocycles. The molecule has 37 heavy (non-hydrogen) atoms. The number of fused-ring (bicyclic) bond motifs is 2. The van der Waals surface area contributed by atoms with Gasteiger partial charge >= 0.3 is 0 Å². The predicted molar refractivity (Wildman–Crippen MR) is 145 cm³/mol. The largest absolute Gasteiger partial charge is 0.508 e. The average Bonchev–Trinajstić information content (AvgIpc) is 3.42. The molecule has 194 valence electrons. The molecule has 3 aromatic carbocycles. The summed E-state index contributed by atoms with van der Waals surface area (Å²) in [5.41, 5.74) is 9.02. The topological polar surface area (TPSA) is 51.2 Å². The molecule has 2 aliphatic heterocycles. The summed E-state index contributed by atoms with van der Waals surface area (Å²) < 4.78 is 17.5. The molecule has 6 rings (SSSR count). The first kappa shape index (κ1) is 24.5. The number of hydrogen-bond donors (Lipinski definition) is 1. The number of hydrogen-bond acceptors (Lipinski definition) is 5. The highest BCUT2D eigenvalue weighted by atomic mass is 16.7. The van der Waals surface area contributed by atoms with Crippen LogP contribution in [-0.4, -0.2) is 38.7 Å². The molecule has 3 aromatic rings. The van der Waals surface area contributed by atoms with Crippen molar-refractivity contribution in [3.05, 3.63) is 94.0 Å². The third kappa shape index (κ3) is 4.76. The lowest BCUT2D eigenvalue weighted by molar-refractivity contribution is -0.141. The van der Waals surface area contributed by atoms with E-state index < -0.39 is 0 Å². The molecule has 0 radical (unpaired) electrons. The van der Waals surface area contributed by atoms with Crippen molar-refractivity contribution < 1.29 is 19.3 Å². The molecule has 1 fully saturated rings. The van der Waals surface area contributed by atoms with Gasteiger partial charge in [0.1, 0.15) is 5.75 Å². The van der Waals surface area contributed by atoms with Crippen molar-refractivity contribution in [1.82, 2.24) is 0 Å². The van der Waals surface area contributed by atoms with E-state index in [1.807, 2.05) is 12.1 Å². The Hall–Kier alpha value is -2.86. The number of ether oxygens (including phenoxy) is 3. The van der Waals surface area contributed by atoms with E-state index in [0.29, 0.717) is 18.3 Å². The van der Waals surface area contributed by atoms with E-state index >= 15 is 0 Å². The van der Waals surface area contributed by atoms with Crippen LogP contribution in [0.5, 0.6) is 5.75 Å². The van der Waals surface area contributed by atoms with E-state index in [-0.39, 0.29) is 18.3 Å². The smallest absolute Gasteiger partial charge is 0.159 e. The number of aryl methyl sites for hydroxylation is 2. The molecule has 1 saturated heterocycles. The van der Waals surface area contributed by atoms with Crippen LogP contribution in [0.4, 0.5) is 5.69 Å². The van der Waals surface area contributed by atoms with Crippen LogP contribution in [0.25, 0.3) is 0 Å². The predicted octanol–water partition coefficient (Wildman–Crippen LogP) is 6.12. The van der Waals surface area contributed by atoms with Gasteiger partial charge in [-0.2, -0.15) is 0 Å². The number of benzene rings is 3. The second-order valence-corrected chi connectivity index (χ2v) is 10.7. The van der Waals surface area contributed by atoms with Crippen LogP contribution in [0.15, 0.2) is 60.7 Å². The summed E-state index contributed by atoms with van der Waals surface area (Å²) in [6.45, 7) is 2.51. The summed E-state index contributed by atoms with van der Waals surface area (Å²) in [5, 5.41) is 10.1. The van der Waals surface area contributed by atoms with Crippen LogP contribution in [0.2, 0.25) is 0 Å². The molecular weight excluding hydrogens is 462 g/mol. The van der Waals surface area contributed by atoms with Gasteiger partial charge in [0.05, 0.1) is 12.7 Å². The standard InChI is InChI=1S/C32H37NO4/c1-35-32(36-2)23-14-16-33(17-15-23)27-10-8-22(9-11-27)30-29-13-12-28(34)19-26(29)20-37-31(30)25-7-6-21-4-3-5-24(21)18-25/h6-13,18-19,23,30-32,34H,3-5,14-17,20H2,1-2H3/t30-,31-/m1/s1. The zero-order valence-corrected chi connectivity index (χ0v) is 21.9. The van der Waals surface area contributed by atoms with E-state index in [0.717, 1.165) is 37.9 Å². The fourth-order valence-electron chi connectivity index (χ4n) is 6.67. The normalized spacial score (nSPS) is 21.8. The molecule has 0 bridgehead atoms. The first-order chi connectivity index (χ1) is 18.1. The van der Waals surface area contributed by atoms with Crippen LogP contribution >= 0.6 is 0 Å². The van der Waals surface area contributed by atoms with Gasteiger partial charge in [0.25, 0.3) is 0 Å². The maximum atomic E-state index is 10.1. The number of aromatic hydroxyl groups is 1. The van der Waals surface area contributed by atoms with Crippen molar-refractivity contribution in [3.8, 4) is 5.75 Å². The second kappa shape index (κ2) is 10.5. The van der Waals surface area contributed by atoms with Crippen LogP contribution < -0.4 is 4.90 Å². The molecule has 1 N–H and O–H groups in total. The maximum absolute atomic E-state index is 10.1. The van der Waals surface area contributed by atoms with Gasteiger partial charge in [0.2, 0.25) is 0 Å². The van der Waals surface area contributed by atoms with Crippen LogP contribution in [-0.2, 0) is 33.7 Å². The van der Waals surface area contributed by atoms with Gasteiger partial charge in [0, 0.05) is 44.8 Å². The first-order valence-electron chi connectivity index (χ1n) is 13.6. The third-order valence-electron chi connectivity index (χ3n) is 8.64. The lowest BCUT2D eigenvalue weighted by Crippen LogP contribution is -2.39. The quantitative estimate of drug-likeness (QED) is 0.414. The number of phenolic OH excluding ortho intramolecular Hbond substituents is 1. The van der Waals surface area contributed by atoms with E-state index in [2.05, 4.69) is 53.4 Å². The SMILES string of the molecule is COC(OC)C1CCN(c2ccc([C@@H]3c4ccc(O)cc4CO[C@@H]3c3ccc4c(c3)CCC4)cc2)CC1. The van der Waals surface area contributed by atoms with Gasteiger partial charge in [-0.05, 0) is 89.8 Å². The van der Waals surface area contributed by atoms with Crippen molar-refractivity contribution in [2.45, 2.75) is 57.0 Å². The molecule has 5 nitrogen and oxygen atoms in total. The van der Waals surface area contributed by atoms with Crippen molar-refractivity contribution in [3.63, 3.8) is 0 Å². The van der Waals surface area contributed by atoms with Gasteiger partial charge in [-0.15, -0.1) is 0 Å². The number of methoxy groups -OCH3 is 2. The lowest BCUT2D eigenvalue weighted by Gasteiger charge is -2.37. The fourth-order valence-corrected chi connectivity index (χ4v) is 6.67. The number of phenols is 1. The molecule has 5 heteroatoms. The summed E-state index contributed by atoms with van der Waals surface area (Å²) >= 11 is 0. The maximum Gasteiger partial charge on any atom is 0.159 e. The molecular formula is C32H37NO4. The van der Waals surface area contributed by atoms with E-state index in [1.165, 1.54) is 46.3 Å². The molecule has 3 aliphatic rings. The summed E-state index contributed by atoms with van der Waals surface area (Å²) in [5.74, 6) is 0.804. The van der Waals surface area contributed by atoms with Gasteiger partial charge in [0.15, 0.2) is 6.29 Å². The van der Waals surface area contributed by atoms with Crippen molar-refractivity contribution in [1.29, 1.82) is 0 Å². The average molecular weight is 500 g/mol. The van der Waals surface area contributed by atoms with Gasteiger partial charge in [-0.1, -0.05) is 36.4 Å². The minimum absolute atomic E-state index is 0.0513. The molecule has 0 aromatic heterocycles. The number of nitrogens with zero attached hydrogens (tertiary/aromatic N) is 1. The Morgan fingerprint density at radius 1 is 0.838 bits per heavy atom. The highest BCUT2D eigenvalue weighted by Crippen LogP contribution is 2.46. The highest BCUT2D eigenvalue weighted by Gasteiger charge is 2.34. The zero-order chi connectivity index (χ0) is 25.4. The summed E-state index contributed by atoms with van der Waals surface area (Å²) in [4.78, 5) is 2.46. The van der Waals surface area contributed by atoms with Gasteiger partial charge in [-0.25, -0.2) is 0 Å². The Morgan fingerprint density at radius 3 is 2.32 bits per heavy atom. The van der Waals surface area contributed by atoms with Crippen LogP contribution in [0.1, 0.15) is 64.7 Å². The van der Waals surface area contributed by atoms with Crippen LogP contribution in [0, 0.1) is 5.92 Å². The van der Waals surface area contributed by atoms with Crippen LogP contribution in [0.3, 0.4) is 0 Å². The molecule has 0 amide bonds. The summed E-state index contributed by atoms with van der Waals surface area (Å²) in [7, 11) is 3.45. The summed E-state index contributed by atoms with van der Waals surface area (Å²) in [6, 6.07) is 21.7. The molecule has 0 unspecified atom stereocenters. The Kier molecular flexibility index (Phi) is 6.94. The molecule has 0 spiro atoms. The molecule has 2 atom stereocenters. The van der Waals surface area contributed by atoms with Crippen molar-refractivity contribution in [2.75, 3.05) is 32.2 Å². The summed E-state index contributed by atoms with van der Waals surface area (Å²) in [6.07, 6.45) is 5.53. The molecule has 1 aliphatic carbocycles. The molecule has 2 heterocycles. The number of anilines is 1. The second-order valence-electron chi connectivity index (χ2n) is 10.7. The fraction of sp³-hybridized carbons (Fsp3) is 0.438. The Morgan fingerprint density at radius 2 is 1.57 bits per heavy atom. The minimum atomic E-state index is -0.119. The highest BCUT2D eigenvalue weighted by molar-refractivity contribution is 5.52. The van der Waals surface area contributed by atoms with Gasteiger partial charge in [-0.3, -0.25) is 0 Å². The Balaban J connectivity index is 1.28. The number of piperidine rings is 1. The Bertz CT molecular complexity index is 1230. The van der Waals surface area contributed by atoms with E-state index in [4.69, 9.17) is 14.2 Å². The lowest BCUT2D eigenvalue weighted by atomic mass is 9.79. The van der Waals surface area contributed by atoms with Crippen molar-refractivity contribution in [2.24, 2.45) is 5.92 Å². The zero-order valence-electron chi connectivity index (χ0n) is 21.9. The monoisotopic (exact) mass is 499 g/mol. The third-order valence-corrected chi connectivity index (χ3v) is 8.64. The van der Waals surface area contributed by atoms with E-state index in [9.17, 15) is 5.11 Å². The minimum Gasteiger partial charge on any atom is -0.508 e. The van der Waals surface area contributed by atoms with Gasteiger partial charge < -0.3 is 24.2 Å². The van der Waals surface area contributed by atoms with Crippen molar-refractivity contribution >= 4 is 5.69 Å². The van der Waals surface area contributed by atoms with E-state index in [1.54, 1.807) is 14.2 Å².